The van der Waals surface area contributed by atoms with Gasteiger partial charge in [-0.15, -0.1) is 10.2 Å². The molecule has 0 radical (unpaired) electrons. The van der Waals surface area contributed by atoms with E-state index in [-0.39, 0.29) is 40.2 Å². The van der Waals surface area contributed by atoms with Crippen LogP contribution in [0, 0.1) is 0 Å². The number of hydrogen-bond acceptors (Lipinski definition) is 7. The first kappa shape index (κ1) is 20.2. The number of aromatic amines is 1. The lowest BCUT2D eigenvalue weighted by Gasteiger charge is -2.06. The van der Waals surface area contributed by atoms with Crippen LogP contribution < -0.4 is 5.56 Å². The normalized spacial score (nSPS) is 11.6. The molecule has 0 spiro atoms. The number of methoxy groups -OCH3 is 1. The molecule has 0 saturated heterocycles. The molecule has 2 aromatic carbocycles. The minimum Gasteiger partial charge on any atom is -0.465 e. The molecular weight excluding hydrogens is 417 g/mol. The number of ether oxygens (including phenoxy) is 1. The van der Waals surface area contributed by atoms with Gasteiger partial charge < -0.3 is 9.72 Å². The molecule has 4 rings (SSSR count). The maximum Gasteiger partial charge on any atom is 0.416 e. The fourth-order valence-electron chi connectivity index (χ4n) is 2.90. The van der Waals surface area contributed by atoms with Crippen LogP contribution in [-0.4, -0.2) is 43.3 Å². The summed E-state index contributed by atoms with van der Waals surface area (Å²) in [6.07, 6.45) is -4.50. The second-order valence-corrected chi connectivity index (χ2v) is 6.46. The van der Waals surface area contributed by atoms with E-state index in [0.29, 0.717) is 0 Å². The van der Waals surface area contributed by atoms with Crippen molar-refractivity contribution in [3.8, 4) is 11.4 Å². The molecule has 2 heterocycles. The van der Waals surface area contributed by atoms with Gasteiger partial charge in [0, 0.05) is 5.56 Å². The molecule has 0 saturated carbocycles. The third kappa shape index (κ3) is 4.13. The molecule has 1 N–H and O–H groups in total. The highest BCUT2D eigenvalue weighted by molar-refractivity contribution is 5.93. The summed E-state index contributed by atoms with van der Waals surface area (Å²) in [4.78, 5) is 32.0. The van der Waals surface area contributed by atoms with Crippen molar-refractivity contribution in [2.75, 3.05) is 7.11 Å². The van der Waals surface area contributed by atoms with Crippen LogP contribution in [-0.2, 0) is 17.5 Å². The summed E-state index contributed by atoms with van der Waals surface area (Å²) >= 11 is 0. The minimum atomic E-state index is -4.50. The number of aromatic nitrogens is 6. The van der Waals surface area contributed by atoms with E-state index in [1.54, 1.807) is 0 Å². The molecule has 0 atom stereocenters. The van der Waals surface area contributed by atoms with Gasteiger partial charge in [-0.2, -0.15) is 18.0 Å². The largest absolute Gasteiger partial charge is 0.465 e. The van der Waals surface area contributed by atoms with E-state index >= 15 is 0 Å². The second kappa shape index (κ2) is 7.63. The molecule has 0 amide bonds. The number of carbonyl (C=O) groups is 1. The Kier molecular flexibility index (Phi) is 4.97. The maximum atomic E-state index is 12.9. The number of benzene rings is 2. The SMILES string of the molecule is COC(=O)c1ccc2c(=O)[nH]c(Cn3nnc(-c4cccc(C(F)(F)F)c4)n3)nc2c1. The first-order valence-electron chi connectivity index (χ1n) is 8.81. The average Bonchev–Trinajstić information content (AvgIpc) is 3.20. The van der Waals surface area contributed by atoms with Gasteiger partial charge in [0.05, 0.1) is 29.1 Å². The Bertz CT molecular complexity index is 1350. The number of fused-ring (bicyclic) bond motifs is 1. The minimum absolute atomic E-state index is 0.0118. The zero-order chi connectivity index (χ0) is 22.2. The van der Waals surface area contributed by atoms with E-state index in [4.69, 9.17) is 0 Å². The third-order valence-electron chi connectivity index (χ3n) is 4.37. The van der Waals surface area contributed by atoms with Crippen molar-refractivity contribution < 1.29 is 22.7 Å². The highest BCUT2D eigenvalue weighted by Gasteiger charge is 2.30. The molecule has 31 heavy (non-hydrogen) atoms. The predicted molar refractivity (Wildman–Crippen MR) is 101 cm³/mol. The first-order valence-corrected chi connectivity index (χ1v) is 8.81. The topological polar surface area (TPSA) is 116 Å². The summed E-state index contributed by atoms with van der Waals surface area (Å²) in [7, 11) is 1.24. The van der Waals surface area contributed by atoms with Crippen molar-refractivity contribution in [3.05, 3.63) is 69.8 Å². The van der Waals surface area contributed by atoms with Crippen LogP contribution >= 0.6 is 0 Å². The smallest absolute Gasteiger partial charge is 0.416 e. The molecule has 0 bridgehead atoms. The van der Waals surface area contributed by atoms with Crippen LogP contribution in [0.4, 0.5) is 13.2 Å². The molecule has 158 valence electrons. The second-order valence-electron chi connectivity index (χ2n) is 6.46. The van der Waals surface area contributed by atoms with Gasteiger partial charge in [-0.25, -0.2) is 9.78 Å². The van der Waals surface area contributed by atoms with Crippen molar-refractivity contribution in [1.82, 2.24) is 30.2 Å². The molecule has 0 aliphatic rings. The number of esters is 1. The Morgan fingerprint density at radius 3 is 2.74 bits per heavy atom. The van der Waals surface area contributed by atoms with E-state index < -0.39 is 23.3 Å². The zero-order valence-corrected chi connectivity index (χ0v) is 15.8. The monoisotopic (exact) mass is 430 g/mol. The average molecular weight is 430 g/mol. The standard InChI is InChI=1S/C19H13F3N6O3/c1-31-18(30)11-5-6-13-14(8-11)23-15(24-17(13)29)9-28-26-16(25-27-28)10-3-2-4-12(7-10)19(20,21)22/h2-8H,9H2,1H3,(H,23,24,29). The lowest BCUT2D eigenvalue weighted by molar-refractivity contribution is -0.137. The van der Waals surface area contributed by atoms with E-state index in [1.807, 2.05) is 0 Å². The Labute approximate surface area is 171 Å². The molecule has 9 nitrogen and oxygen atoms in total. The van der Waals surface area contributed by atoms with Gasteiger partial charge >= 0.3 is 12.1 Å². The van der Waals surface area contributed by atoms with E-state index in [0.717, 1.165) is 16.9 Å². The predicted octanol–water partition coefficient (Wildman–Crippen LogP) is 2.43. The van der Waals surface area contributed by atoms with Gasteiger partial charge in [0.2, 0.25) is 5.82 Å². The number of hydrogen-bond donors (Lipinski definition) is 1. The number of carbonyl (C=O) groups excluding carboxylic acids is 1. The van der Waals surface area contributed by atoms with Gasteiger partial charge in [-0.3, -0.25) is 4.79 Å². The van der Waals surface area contributed by atoms with Crippen molar-refractivity contribution in [1.29, 1.82) is 0 Å². The van der Waals surface area contributed by atoms with E-state index in [2.05, 4.69) is 30.1 Å². The lowest BCUT2D eigenvalue weighted by Crippen LogP contribution is -2.16. The Balaban J connectivity index is 1.64. The first-order chi connectivity index (χ1) is 14.7. The number of nitrogens with one attached hydrogen (secondary N) is 1. The lowest BCUT2D eigenvalue weighted by atomic mass is 10.1. The number of rotatable bonds is 4. The van der Waals surface area contributed by atoms with Crippen LogP contribution in [0.3, 0.4) is 0 Å². The number of H-pyrrole nitrogens is 1. The summed E-state index contributed by atoms with van der Waals surface area (Å²) in [5.74, 6) is -0.413. The van der Waals surface area contributed by atoms with Gasteiger partial charge in [0.25, 0.3) is 5.56 Å². The molecule has 0 fully saturated rings. The fraction of sp³-hybridized carbons (Fsp3) is 0.158. The van der Waals surface area contributed by atoms with E-state index in [1.165, 1.54) is 37.4 Å². The molecule has 4 aromatic rings. The summed E-state index contributed by atoms with van der Waals surface area (Å²) in [6.45, 7) is -0.0976. The molecule has 0 aliphatic carbocycles. The van der Waals surface area contributed by atoms with Crippen LogP contribution in [0.2, 0.25) is 0 Å². The number of tetrazole rings is 1. The van der Waals surface area contributed by atoms with E-state index in [9.17, 15) is 22.8 Å². The van der Waals surface area contributed by atoms with Gasteiger partial charge in [-0.1, -0.05) is 12.1 Å². The molecule has 12 heteroatoms. The number of alkyl halides is 3. The quantitative estimate of drug-likeness (QED) is 0.495. The third-order valence-corrected chi connectivity index (χ3v) is 4.37. The molecule has 2 aromatic heterocycles. The fourth-order valence-corrected chi connectivity index (χ4v) is 2.90. The molecule has 0 aliphatic heterocycles. The van der Waals surface area contributed by atoms with Gasteiger partial charge in [0.1, 0.15) is 12.4 Å². The Morgan fingerprint density at radius 1 is 1.19 bits per heavy atom. The molecule has 0 unspecified atom stereocenters. The zero-order valence-electron chi connectivity index (χ0n) is 15.8. The van der Waals surface area contributed by atoms with Crippen LogP contribution in [0.1, 0.15) is 21.7 Å². The van der Waals surface area contributed by atoms with Crippen LogP contribution in [0.25, 0.3) is 22.3 Å². The van der Waals surface area contributed by atoms with Crippen molar-refractivity contribution in [2.24, 2.45) is 0 Å². The number of nitrogens with zero attached hydrogens (tertiary/aromatic N) is 5. The maximum absolute atomic E-state index is 12.9. The highest BCUT2D eigenvalue weighted by Crippen LogP contribution is 2.31. The Morgan fingerprint density at radius 2 is 2.00 bits per heavy atom. The van der Waals surface area contributed by atoms with Crippen LogP contribution in [0.5, 0.6) is 0 Å². The van der Waals surface area contributed by atoms with Gasteiger partial charge in [0.15, 0.2) is 0 Å². The summed E-state index contributed by atoms with van der Waals surface area (Å²) < 4.78 is 43.4. The van der Waals surface area contributed by atoms with Crippen LogP contribution in [0.15, 0.2) is 47.3 Å². The Hall–Kier alpha value is -4.09. The van der Waals surface area contributed by atoms with Crippen molar-refractivity contribution >= 4 is 16.9 Å². The highest BCUT2D eigenvalue weighted by atomic mass is 19.4. The number of halogens is 3. The van der Waals surface area contributed by atoms with Crippen molar-refractivity contribution in [3.63, 3.8) is 0 Å². The van der Waals surface area contributed by atoms with Crippen molar-refractivity contribution in [2.45, 2.75) is 12.7 Å². The van der Waals surface area contributed by atoms with Gasteiger partial charge in [-0.05, 0) is 35.5 Å². The molecular formula is C19H13F3N6O3. The summed E-state index contributed by atoms with van der Waals surface area (Å²) in [5.41, 5.74) is -0.633. The summed E-state index contributed by atoms with van der Waals surface area (Å²) in [6, 6.07) is 8.87. The summed E-state index contributed by atoms with van der Waals surface area (Å²) in [5, 5.41) is 11.9.